The zero-order valence-electron chi connectivity index (χ0n) is 10.9. The molecule has 1 atom stereocenters. The molecule has 1 aliphatic heterocycles. The number of para-hydroxylation sites is 1. The van der Waals surface area contributed by atoms with Gasteiger partial charge in [-0.15, -0.1) is 0 Å². The molecule has 2 aromatic carbocycles. The van der Waals surface area contributed by atoms with Crippen LogP contribution in [0.1, 0.15) is 23.6 Å². The molecule has 2 aromatic rings. The lowest BCUT2D eigenvalue weighted by Gasteiger charge is -2.27. The Kier molecular flexibility index (Phi) is 3.03. The Morgan fingerprint density at radius 3 is 2.89 bits per heavy atom. The van der Waals surface area contributed by atoms with Crippen LogP contribution in [0.5, 0.6) is 11.5 Å². The van der Waals surface area contributed by atoms with E-state index >= 15 is 0 Å². The predicted molar refractivity (Wildman–Crippen MR) is 75.8 cm³/mol. The van der Waals surface area contributed by atoms with E-state index in [1.807, 2.05) is 37.3 Å². The summed E-state index contributed by atoms with van der Waals surface area (Å²) in [6, 6.07) is 14.0. The highest BCUT2D eigenvalue weighted by molar-refractivity contribution is 5.53. The van der Waals surface area contributed by atoms with E-state index in [1.165, 1.54) is 5.56 Å². The molecule has 0 amide bonds. The minimum Gasteiger partial charge on any atom is -0.508 e. The summed E-state index contributed by atoms with van der Waals surface area (Å²) in [5, 5.41) is 13.2. The van der Waals surface area contributed by atoms with E-state index in [2.05, 4.69) is 11.4 Å². The zero-order chi connectivity index (χ0) is 13.2. The fraction of sp³-hybridized carbons (Fsp3) is 0.250. The number of hydrogen-bond acceptors (Lipinski definition) is 3. The smallest absolute Gasteiger partial charge is 0.124 e. The summed E-state index contributed by atoms with van der Waals surface area (Å²) in [7, 11) is 0. The highest BCUT2D eigenvalue weighted by Gasteiger charge is 2.20. The highest BCUT2D eigenvalue weighted by atomic mass is 16.5. The second-order valence-corrected chi connectivity index (χ2v) is 4.87. The largest absolute Gasteiger partial charge is 0.508 e. The van der Waals surface area contributed by atoms with Crippen molar-refractivity contribution in [2.45, 2.75) is 19.4 Å². The van der Waals surface area contributed by atoms with Gasteiger partial charge in [0.05, 0.1) is 12.6 Å². The Morgan fingerprint density at radius 2 is 2.05 bits per heavy atom. The number of hydrogen-bond donors (Lipinski definition) is 2. The number of nitrogens with one attached hydrogen (secondary N) is 1. The van der Waals surface area contributed by atoms with Crippen molar-refractivity contribution in [1.82, 2.24) is 0 Å². The van der Waals surface area contributed by atoms with E-state index in [0.717, 1.165) is 23.4 Å². The molecule has 0 bridgehead atoms. The van der Waals surface area contributed by atoms with Crippen molar-refractivity contribution in [3.63, 3.8) is 0 Å². The molecule has 1 unspecified atom stereocenters. The third-order valence-electron chi connectivity index (χ3n) is 3.51. The Hall–Kier alpha value is -2.16. The molecule has 1 heterocycles. The average Bonchev–Trinajstić information content (AvgIpc) is 2.43. The number of phenolic OH excluding ortho intramolecular Hbond substituents is 1. The lowest BCUT2D eigenvalue weighted by molar-refractivity contribution is 0.274. The second-order valence-electron chi connectivity index (χ2n) is 4.87. The van der Waals surface area contributed by atoms with Crippen molar-refractivity contribution < 1.29 is 9.84 Å². The first-order valence-electron chi connectivity index (χ1n) is 6.52. The molecular formula is C16H17NO2. The number of phenols is 1. The maximum Gasteiger partial charge on any atom is 0.124 e. The van der Waals surface area contributed by atoms with Crippen LogP contribution in [0.2, 0.25) is 0 Å². The van der Waals surface area contributed by atoms with Crippen molar-refractivity contribution >= 4 is 5.69 Å². The quantitative estimate of drug-likeness (QED) is 0.861. The molecule has 2 N–H and O–H groups in total. The third kappa shape index (κ3) is 2.36. The van der Waals surface area contributed by atoms with Crippen LogP contribution in [0.4, 0.5) is 5.69 Å². The van der Waals surface area contributed by atoms with Crippen LogP contribution in [0.3, 0.4) is 0 Å². The van der Waals surface area contributed by atoms with E-state index in [0.29, 0.717) is 12.4 Å². The van der Waals surface area contributed by atoms with Gasteiger partial charge in [-0.3, -0.25) is 0 Å². The average molecular weight is 255 g/mol. The van der Waals surface area contributed by atoms with Gasteiger partial charge in [-0.25, -0.2) is 0 Å². The van der Waals surface area contributed by atoms with Gasteiger partial charge < -0.3 is 15.2 Å². The fourth-order valence-corrected chi connectivity index (χ4v) is 2.39. The van der Waals surface area contributed by atoms with Crippen molar-refractivity contribution in [3.8, 4) is 11.5 Å². The van der Waals surface area contributed by atoms with Crippen LogP contribution < -0.4 is 10.1 Å². The van der Waals surface area contributed by atoms with Crippen molar-refractivity contribution in [3.05, 3.63) is 53.6 Å². The van der Waals surface area contributed by atoms with Crippen LogP contribution in [0, 0.1) is 6.92 Å². The number of aromatic hydroxyl groups is 1. The molecule has 3 heteroatoms. The van der Waals surface area contributed by atoms with E-state index in [9.17, 15) is 5.11 Å². The molecule has 19 heavy (non-hydrogen) atoms. The monoisotopic (exact) mass is 255 g/mol. The van der Waals surface area contributed by atoms with Crippen molar-refractivity contribution in [1.29, 1.82) is 0 Å². The normalized spacial score (nSPS) is 17.4. The van der Waals surface area contributed by atoms with Gasteiger partial charge in [0.25, 0.3) is 0 Å². The number of aryl methyl sites for hydroxylation is 1. The number of anilines is 1. The Labute approximate surface area is 112 Å². The minimum atomic E-state index is 0.229. The van der Waals surface area contributed by atoms with E-state index in [1.54, 1.807) is 6.07 Å². The third-order valence-corrected chi connectivity index (χ3v) is 3.51. The van der Waals surface area contributed by atoms with Crippen LogP contribution >= 0.6 is 0 Å². The number of benzene rings is 2. The zero-order valence-corrected chi connectivity index (χ0v) is 10.9. The molecule has 0 saturated carbocycles. The molecule has 0 spiro atoms. The first-order valence-corrected chi connectivity index (χ1v) is 6.52. The summed E-state index contributed by atoms with van der Waals surface area (Å²) in [6.07, 6.45) is 0.922. The van der Waals surface area contributed by atoms with E-state index in [4.69, 9.17) is 4.74 Å². The minimum absolute atomic E-state index is 0.229. The Balaban J connectivity index is 1.86. The van der Waals surface area contributed by atoms with Gasteiger partial charge in [0, 0.05) is 23.7 Å². The lowest BCUT2D eigenvalue weighted by Crippen LogP contribution is -2.20. The molecule has 0 saturated heterocycles. The molecule has 1 aliphatic rings. The molecule has 0 fully saturated rings. The highest BCUT2D eigenvalue weighted by Crippen LogP contribution is 2.34. The number of rotatable bonds is 2. The van der Waals surface area contributed by atoms with Crippen molar-refractivity contribution in [2.75, 3.05) is 11.9 Å². The molecular weight excluding hydrogens is 238 g/mol. The SMILES string of the molecule is Cc1ccc(NC2CCOc3ccccc32)cc1O. The maximum atomic E-state index is 9.76. The molecule has 0 aromatic heterocycles. The molecule has 98 valence electrons. The van der Waals surface area contributed by atoms with Gasteiger partial charge in [0.1, 0.15) is 11.5 Å². The van der Waals surface area contributed by atoms with Gasteiger partial charge in [-0.05, 0) is 24.6 Å². The number of ether oxygens (including phenoxy) is 1. The van der Waals surface area contributed by atoms with Gasteiger partial charge in [0.2, 0.25) is 0 Å². The van der Waals surface area contributed by atoms with Gasteiger partial charge in [0.15, 0.2) is 0 Å². The molecule has 0 aliphatic carbocycles. The van der Waals surface area contributed by atoms with Crippen molar-refractivity contribution in [2.24, 2.45) is 0 Å². The number of fused-ring (bicyclic) bond motifs is 1. The Bertz CT molecular complexity index is 595. The fourth-order valence-electron chi connectivity index (χ4n) is 2.39. The molecule has 3 rings (SSSR count). The Morgan fingerprint density at radius 1 is 1.21 bits per heavy atom. The van der Waals surface area contributed by atoms with Crippen LogP contribution in [-0.2, 0) is 0 Å². The summed E-state index contributed by atoms with van der Waals surface area (Å²) < 4.78 is 5.64. The predicted octanol–water partition coefficient (Wildman–Crippen LogP) is 3.64. The molecule has 3 nitrogen and oxygen atoms in total. The summed E-state index contributed by atoms with van der Waals surface area (Å²) >= 11 is 0. The van der Waals surface area contributed by atoms with Crippen LogP contribution in [0.25, 0.3) is 0 Å². The second kappa shape index (κ2) is 4.84. The van der Waals surface area contributed by atoms with Gasteiger partial charge in [-0.1, -0.05) is 24.3 Å². The summed E-state index contributed by atoms with van der Waals surface area (Å²) in [5.41, 5.74) is 3.00. The lowest BCUT2D eigenvalue weighted by atomic mass is 10.00. The topological polar surface area (TPSA) is 41.5 Å². The first-order chi connectivity index (χ1) is 9.24. The van der Waals surface area contributed by atoms with Crippen LogP contribution in [-0.4, -0.2) is 11.7 Å². The molecule has 0 radical (unpaired) electrons. The van der Waals surface area contributed by atoms with Crippen LogP contribution in [0.15, 0.2) is 42.5 Å². The van der Waals surface area contributed by atoms with E-state index < -0.39 is 0 Å². The maximum absolute atomic E-state index is 9.76. The van der Waals surface area contributed by atoms with Gasteiger partial charge >= 0.3 is 0 Å². The standard InChI is InChI=1S/C16H17NO2/c1-11-6-7-12(10-15(11)18)17-14-8-9-19-16-5-3-2-4-13(14)16/h2-7,10,14,17-18H,8-9H2,1H3. The van der Waals surface area contributed by atoms with Gasteiger partial charge in [-0.2, -0.15) is 0 Å². The summed E-state index contributed by atoms with van der Waals surface area (Å²) in [4.78, 5) is 0. The summed E-state index contributed by atoms with van der Waals surface area (Å²) in [6.45, 7) is 2.61. The summed E-state index contributed by atoms with van der Waals surface area (Å²) in [5.74, 6) is 1.27. The van der Waals surface area contributed by atoms with E-state index in [-0.39, 0.29) is 6.04 Å². The first kappa shape index (κ1) is 11.9.